The number of rotatable bonds is 1. The summed E-state index contributed by atoms with van der Waals surface area (Å²) in [6.07, 6.45) is 3.58. The number of hydrogen-bond donors (Lipinski definition) is 0. The van der Waals surface area contributed by atoms with Gasteiger partial charge in [0.15, 0.2) is 0 Å². The van der Waals surface area contributed by atoms with Crippen LogP contribution < -0.4 is 10.5 Å². The van der Waals surface area contributed by atoms with Crippen LogP contribution in [0.3, 0.4) is 0 Å². The molecule has 3 heterocycles. The van der Waals surface area contributed by atoms with Crippen molar-refractivity contribution in [3.05, 3.63) is 21.0 Å². The topological polar surface area (TPSA) is 78.8 Å². The summed E-state index contributed by atoms with van der Waals surface area (Å²) in [5.41, 5.74) is 0.520. The fourth-order valence-electron chi connectivity index (χ4n) is 3.06. The van der Waals surface area contributed by atoms with Crippen molar-refractivity contribution in [3.63, 3.8) is 0 Å². The average Bonchev–Trinajstić information content (AvgIpc) is 3.13. The van der Waals surface area contributed by atoms with Gasteiger partial charge in [0.25, 0.3) is 5.56 Å². The molecule has 2 aliphatic heterocycles. The number of piperazine rings is 1. The first-order valence-corrected chi connectivity index (χ1v) is 8.83. The summed E-state index contributed by atoms with van der Waals surface area (Å²) in [4.78, 5) is 41.7. The number of aromatic nitrogens is 2. The van der Waals surface area contributed by atoms with Crippen molar-refractivity contribution in [2.45, 2.75) is 12.8 Å². The lowest BCUT2D eigenvalue weighted by Crippen LogP contribution is -2.53. The van der Waals surface area contributed by atoms with E-state index < -0.39 is 11.8 Å². The molecule has 0 saturated carbocycles. The molecule has 130 valence electrons. The fourth-order valence-corrected chi connectivity index (χ4v) is 3.67. The van der Waals surface area contributed by atoms with Gasteiger partial charge in [0.05, 0.1) is 11.9 Å². The van der Waals surface area contributed by atoms with E-state index in [1.807, 2.05) is 4.90 Å². The third kappa shape index (κ3) is 3.17. The van der Waals surface area contributed by atoms with E-state index in [9.17, 15) is 14.4 Å². The standard InChI is InChI=1S/C15H20BrN5O3/c1-18-13(22)12(16)11(10-17-18)19-6-8-21(9-7-19)15(24)14(23)20-4-2-3-5-20/h10H,2-9H2,1H3. The second kappa shape index (κ2) is 6.92. The minimum absolute atomic E-state index is 0.199. The molecule has 0 spiro atoms. The number of aryl methyl sites for hydroxylation is 1. The molecule has 9 heteroatoms. The molecule has 2 saturated heterocycles. The summed E-state index contributed by atoms with van der Waals surface area (Å²) in [6.45, 7) is 3.39. The Labute approximate surface area is 148 Å². The van der Waals surface area contributed by atoms with Crippen LogP contribution >= 0.6 is 15.9 Å². The Bertz CT molecular complexity index is 706. The minimum Gasteiger partial charge on any atom is -0.366 e. The van der Waals surface area contributed by atoms with Gasteiger partial charge >= 0.3 is 11.8 Å². The normalized spacial score (nSPS) is 18.2. The Morgan fingerprint density at radius 3 is 2.12 bits per heavy atom. The van der Waals surface area contributed by atoms with Crippen LogP contribution in [0.2, 0.25) is 0 Å². The van der Waals surface area contributed by atoms with E-state index in [2.05, 4.69) is 21.0 Å². The highest BCUT2D eigenvalue weighted by molar-refractivity contribution is 9.10. The van der Waals surface area contributed by atoms with E-state index in [0.29, 0.717) is 43.7 Å². The maximum atomic E-state index is 12.3. The molecule has 0 atom stereocenters. The van der Waals surface area contributed by atoms with Crippen LogP contribution in [0.4, 0.5) is 5.69 Å². The van der Waals surface area contributed by atoms with Crippen LogP contribution in [0.25, 0.3) is 0 Å². The molecule has 1 aromatic rings. The molecular formula is C15H20BrN5O3. The zero-order valence-electron chi connectivity index (χ0n) is 13.6. The van der Waals surface area contributed by atoms with E-state index >= 15 is 0 Å². The predicted octanol–water partition coefficient (Wildman–Crippen LogP) is -0.186. The van der Waals surface area contributed by atoms with Gasteiger partial charge in [-0.3, -0.25) is 14.4 Å². The molecular weight excluding hydrogens is 378 g/mol. The molecule has 2 aliphatic rings. The van der Waals surface area contributed by atoms with Gasteiger partial charge in [0.2, 0.25) is 0 Å². The number of carbonyl (C=O) groups is 2. The smallest absolute Gasteiger partial charge is 0.312 e. The Morgan fingerprint density at radius 2 is 1.54 bits per heavy atom. The summed E-state index contributed by atoms with van der Waals surface area (Å²) in [7, 11) is 1.59. The van der Waals surface area contributed by atoms with Gasteiger partial charge < -0.3 is 14.7 Å². The lowest BCUT2D eigenvalue weighted by Gasteiger charge is -2.36. The third-order valence-corrected chi connectivity index (χ3v) is 5.29. The third-order valence-electron chi connectivity index (χ3n) is 4.54. The van der Waals surface area contributed by atoms with Crippen molar-refractivity contribution in [2.75, 3.05) is 44.2 Å². The highest BCUT2D eigenvalue weighted by Gasteiger charge is 2.31. The molecule has 0 N–H and O–H groups in total. The molecule has 24 heavy (non-hydrogen) atoms. The summed E-state index contributed by atoms with van der Waals surface area (Å²) >= 11 is 3.32. The molecule has 1 aromatic heterocycles. The van der Waals surface area contributed by atoms with Gasteiger partial charge in [-0.2, -0.15) is 5.10 Å². The molecule has 0 aromatic carbocycles. The van der Waals surface area contributed by atoms with Gasteiger partial charge in [0, 0.05) is 46.3 Å². The highest BCUT2D eigenvalue weighted by Crippen LogP contribution is 2.22. The first-order chi connectivity index (χ1) is 11.5. The van der Waals surface area contributed by atoms with Crippen molar-refractivity contribution in [3.8, 4) is 0 Å². The number of halogens is 1. The molecule has 0 aliphatic carbocycles. The zero-order valence-corrected chi connectivity index (χ0v) is 15.2. The van der Waals surface area contributed by atoms with Crippen molar-refractivity contribution in [1.29, 1.82) is 0 Å². The molecule has 3 rings (SSSR count). The van der Waals surface area contributed by atoms with Crippen LogP contribution in [0.5, 0.6) is 0 Å². The van der Waals surface area contributed by atoms with Crippen LogP contribution in [-0.2, 0) is 16.6 Å². The van der Waals surface area contributed by atoms with E-state index in [4.69, 9.17) is 0 Å². The fraction of sp³-hybridized carbons (Fsp3) is 0.600. The molecule has 0 bridgehead atoms. The number of nitrogens with zero attached hydrogens (tertiary/aromatic N) is 5. The van der Waals surface area contributed by atoms with Crippen LogP contribution in [0.15, 0.2) is 15.5 Å². The number of hydrogen-bond acceptors (Lipinski definition) is 5. The van der Waals surface area contributed by atoms with E-state index in [-0.39, 0.29) is 5.56 Å². The van der Waals surface area contributed by atoms with Crippen molar-refractivity contribution in [2.24, 2.45) is 7.05 Å². The van der Waals surface area contributed by atoms with Crippen molar-refractivity contribution in [1.82, 2.24) is 19.6 Å². The number of carbonyl (C=O) groups excluding carboxylic acids is 2. The minimum atomic E-state index is -0.419. The number of amides is 2. The largest absolute Gasteiger partial charge is 0.366 e. The molecule has 0 radical (unpaired) electrons. The van der Waals surface area contributed by atoms with Gasteiger partial charge in [-0.15, -0.1) is 0 Å². The number of anilines is 1. The van der Waals surface area contributed by atoms with E-state index in [0.717, 1.165) is 18.5 Å². The second-order valence-electron chi connectivity index (χ2n) is 6.05. The average molecular weight is 398 g/mol. The maximum absolute atomic E-state index is 12.3. The van der Waals surface area contributed by atoms with Crippen LogP contribution in [0, 0.1) is 0 Å². The van der Waals surface area contributed by atoms with Crippen molar-refractivity contribution >= 4 is 33.4 Å². The summed E-state index contributed by atoms with van der Waals surface area (Å²) < 4.78 is 1.73. The van der Waals surface area contributed by atoms with Gasteiger partial charge in [-0.25, -0.2) is 4.68 Å². The van der Waals surface area contributed by atoms with E-state index in [1.165, 1.54) is 4.68 Å². The molecule has 2 fully saturated rings. The lowest BCUT2D eigenvalue weighted by molar-refractivity contribution is -0.151. The van der Waals surface area contributed by atoms with E-state index in [1.54, 1.807) is 23.0 Å². The zero-order chi connectivity index (χ0) is 17.3. The van der Waals surface area contributed by atoms with Gasteiger partial charge in [-0.05, 0) is 28.8 Å². The highest BCUT2D eigenvalue weighted by atomic mass is 79.9. The lowest BCUT2D eigenvalue weighted by atomic mass is 10.2. The molecule has 0 unspecified atom stereocenters. The monoisotopic (exact) mass is 397 g/mol. The number of likely N-dealkylation sites (tertiary alicyclic amines) is 1. The molecule has 2 amide bonds. The Balaban J connectivity index is 1.63. The summed E-state index contributed by atoms with van der Waals surface area (Å²) in [5, 5.41) is 4.04. The first-order valence-electron chi connectivity index (χ1n) is 8.04. The SMILES string of the molecule is Cn1ncc(N2CCN(C(=O)C(=O)N3CCCC3)CC2)c(Br)c1=O. The Morgan fingerprint density at radius 1 is 1.00 bits per heavy atom. The predicted molar refractivity (Wildman–Crippen MR) is 91.8 cm³/mol. The maximum Gasteiger partial charge on any atom is 0.312 e. The Kier molecular flexibility index (Phi) is 4.88. The first kappa shape index (κ1) is 16.9. The Hall–Kier alpha value is -1.90. The quantitative estimate of drug-likeness (QED) is 0.613. The van der Waals surface area contributed by atoms with Crippen LogP contribution in [-0.4, -0.2) is 70.7 Å². The van der Waals surface area contributed by atoms with Gasteiger partial charge in [-0.1, -0.05) is 0 Å². The second-order valence-corrected chi connectivity index (χ2v) is 6.84. The van der Waals surface area contributed by atoms with Crippen molar-refractivity contribution < 1.29 is 9.59 Å². The summed E-state index contributed by atoms with van der Waals surface area (Å²) in [6, 6.07) is 0. The van der Waals surface area contributed by atoms with Crippen LogP contribution in [0.1, 0.15) is 12.8 Å². The summed E-state index contributed by atoms with van der Waals surface area (Å²) in [5.74, 6) is -0.810. The molecule has 8 nitrogen and oxygen atoms in total. The van der Waals surface area contributed by atoms with Gasteiger partial charge in [0.1, 0.15) is 4.47 Å².